The fourth-order valence-electron chi connectivity index (χ4n) is 2.26. The molecular weight excluding hydrogens is 337 g/mol. The van der Waals surface area contributed by atoms with E-state index in [0.717, 1.165) is 12.1 Å². The standard InChI is InChI=1S/C14H8Cl2F2N2O2/c15-9-4-2-1-3-7(9)14(20-19-13(21)22-14)8-5-6-10(17)11(16)12(8)18/h1-6,20H,(H,19,21). The number of nitrogens with one attached hydrogen (secondary N) is 2. The van der Waals surface area contributed by atoms with E-state index in [1.165, 1.54) is 0 Å². The SMILES string of the molecule is O=C1NNC(c2ccccc2Cl)(c2ccc(F)c(Cl)c2F)O1. The van der Waals surface area contributed by atoms with E-state index in [-0.39, 0.29) is 16.1 Å². The van der Waals surface area contributed by atoms with Gasteiger partial charge in [0.05, 0.1) is 5.56 Å². The van der Waals surface area contributed by atoms with Gasteiger partial charge in [-0.05, 0) is 18.2 Å². The van der Waals surface area contributed by atoms with Gasteiger partial charge in [-0.1, -0.05) is 41.4 Å². The Morgan fingerprint density at radius 3 is 2.41 bits per heavy atom. The summed E-state index contributed by atoms with van der Waals surface area (Å²) in [4.78, 5) is 11.5. The van der Waals surface area contributed by atoms with Crippen LogP contribution in [0.2, 0.25) is 10.0 Å². The number of carbonyl (C=O) groups is 1. The van der Waals surface area contributed by atoms with Crippen LogP contribution >= 0.6 is 23.2 Å². The zero-order valence-corrected chi connectivity index (χ0v) is 12.3. The fraction of sp³-hybridized carbons (Fsp3) is 0.0714. The van der Waals surface area contributed by atoms with E-state index in [9.17, 15) is 13.6 Å². The first-order valence-electron chi connectivity index (χ1n) is 6.11. The molecule has 8 heteroatoms. The summed E-state index contributed by atoms with van der Waals surface area (Å²) in [6.07, 6.45) is -0.834. The molecule has 0 saturated carbocycles. The zero-order valence-electron chi connectivity index (χ0n) is 10.8. The highest BCUT2D eigenvalue weighted by atomic mass is 35.5. The Bertz CT molecular complexity index is 773. The lowest BCUT2D eigenvalue weighted by Gasteiger charge is -2.28. The van der Waals surface area contributed by atoms with Crippen molar-refractivity contribution in [2.75, 3.05) is 0 Å². The van der Waals surface area contributed by atoms with Gasteiger partial charge in [0.2, 0.25) is 5.72 Å². The van der Waals surface area contributed by atoms with Gasteiger partial charge in [-0.2, -0.15) is 5.43 Å². The second-order valence-corrected chi connectivity index (χ2v) is 5.31. The molecule has 4 nitrogen and oxygen atoms in total. The van der Waals surface area contributed by atoms with Crippen LogP contribution in [0.5, 0.6) is 0 Å². The molecule has 2 N–H and O–H groups in total. The van der Waals surface area contributed by atoms with Crippen LogP contribution in [0.3, 0.4) is 0 Å². The van der Waals surface area contributed by atoms with E-state index in [0.29, 0.717) is 0 Å². The third kappa shape index (κ3) is 2.20. The molecule has 22 heavy (non-hydrogen) atoms. The van der Waals surface area contributed by atoms with Gasteiger partial charge in [0.25, 0.3) is 0 Å². The molecule has 1 fully saturated rings. The van der Waals surface area contributed by atoms with E-state index >= 15 is 0 Å². The molecular formula is C14H8Cl2F2N2O2. The highest BCUT2D eigenvalue weighted by Crippen LogP contribution is 2.40. The Balaban J connectivity index is 2.27. The third-order valence-electron chi connectivity index (χ3n) is 3.25. The van der Waals surface area contributed by atoms with Crippen LogP contribution in [-0.4, -0.2) is 6.09 Å². The summed E-state index contributed by atoms with van der Waals surface area (Å²) in [6.45, 7) is 0. The second-order valence-electron chi connectivity index (χ2n) is 4.52. The van der Waals surface area contributed by atoms with Crippen molar-refractivity contribution >= 4 is 29.3 Å². The van der Waals surface area contributed by atoms with E-state index < -0.39 is 28.5 Å². The number of hydrogen-bond acceptors (Lipinski definition) is 3. The third-order valence-corrected chi connectivity index (χ3v) is 3.93. The number of benzene rings is 2. The minimum atomic E-state index is -1.75. The van der Waals surface area contributed by atoms with E-state index in [1.807, 2.05) is 0 Å². The summed E-state index contributed by atoms with van der Waals surface area (Å²) < 4.78 is 33.0. The smallest absolute Gasteiger partial charge is 0.416 e. The molecule has 1 unspecified atom stereocenters. The molecule has 0 radical (unpaired) electrons. The van der Waals surface area contributed by atoms with Gasteiger partial charge in [-0.15, -0.1) is 0 Å². The van der Waals surface area contributed by atoms with Gasteiger partial charge >= 0.3 is 6.09 Å². The van der Waals surface area contributed by atoms with E-state index in [1.54, 1.807) is 24.3 Å². The topological polar surface area (TPSA) is 50.4 Å². The van der Waals surface area contributed by atoms with Crippen molar-refractivity contribution in [2.45, 2.75) is 5.72 Å². The summed E-state index contributed by atoms with van der Waals surface area (Å²) in [6, 6.07) is 8.51. The maximum atomic E-state index is 14.4. The van der Waals surface area contributed by atoms with Crippen molar-refractivity contribution in [2.24, 2.45) is 0 Å². The number of ether oxygens (including phenoxy) is 1. The van der Waals surface area contributed by atoms with Crippen molar-refractivity contribution in [1.82, 2.24) is 10.9 Å². The first-order valence-corrected chi connectivity index (χ1v) is 6.86. The fourth-order valence-corrected chi connectivity index (χ4v) is 2.70. The molecule has 1 aliphatic rings. The molecule has 114 valence electrons. The average molecular weight is 345 g/mol. The first-order chi connectivity index (χ1) is 10.5. The van der Waals surface area contributed by atoms with Crippen LogP contribution in [0.25, 0.3) is 0 Å². The van der Waals surface area contributed by atoms with Crippen molar-refractivity contribution in [3.05, 3.63) is 69.2 Å². The summed E-state index contributed by atoms with van der Waals surface area (Å²) in [5.41, 5.74) is 3.12. The number of hydrogen-bond donors (Lipinski definition) is 2. The zero-order chi connectivity index (χ0) is 15.9. The summed E-state index contributed by atoms with van der Waals surface area (Å²) in [5, 5.41) is -0.472. The predicted octanol–water partition coefficient (Wildman–Crippen LogP) is 3.72. The maximum Gasteiger partial charge on any atom is 0.424 e. The lowest BCUT2D eigenvalue weighted by molar-refractivity contribution is 0.0608. The Morgan fingerprint density at radius 1 is 1.05 bits per heavy atom. The highest BCUT2D eigenvalue weighted by molar-refractivity contribution is 6.31. The van der Waals surface area contributed by atoms with Crippen molar-refractivity contribution in [3.63, 3.8) is 0 Å². The van der Waals surface area contributed by atoms with Crippen LogP contribution in [-0.2, 0) is 10.5 Å². The molecule has 3 rings (SSSR count). The van der Waals surface area contributed by atoms with E-state index in [4.69, 9.17) is 27.9 Å². The average Bonchev–Trinajstić information content (AvgIpc) is 2.88. The normalized spacial score (nSPS) is 20.6. The number of hydrazine groups is 1. The van der Waals surface area contributed by atoms with Crippen LogP contribution in [0.1, 0.15) is 11.1 Å². The molecule has 1 saturated heterocycles. The van der Waals surface area contributed by atoms with Gasteiger partial charge in [0.15, 0.2) is 5.82 Å². The lowest BCUT2D eigenvalue weighted by Crippen LogP contribution is -2.44. The van der Waals surface area contributed by atoms with Crippen LogP contribution in [0.15, 0.2) is 36.4 Å². The summed E-state index contributed by atoms with van der Waals surface area (Å²) in [7, 11) is 0. The molecule has 2 aromatic rings. The van der Waals surface area contributed by atoms with Gasteiger partial charge in [-0.3, -0.25) is 5.43 Å². The molecule has 2 aromatic carbocycles. The van der Waals surface area contributed by atoms with Crippen LogP contribution in [0.4, 0.5) is 13.6 Å². The van der Waals surface area contributed by atoms with E-state index in [2.05, 4.69) is 10.9 Å². The molecule has 0 aromatic heterocycles. The minimum Gasteiger partial charge on any atom is -0.416 e. The Kier molecular flexibility index (Phi) is 3.68. The van der Waals surface area contributed by atoms with Crippen LogP contribution < -0.4 is 10.9 Å². The summed E-state index contributed by atoms with van der Waals surface area (Å²) in [5.74, 6) is -1.97. The van der Waals surface area contributed by atoms with Gasteiger partial charge in [-0.25, -0.2) is 13.6 Å². The Labute approximate surface area is 133 Å². The van der Waals surface area contributed by atoms with Crippen molar-refractivity contribution in [1.29, 1.82) is 0 Å². The number of cyclic esters (lactones) is 1. The van der Waals surface area contributed by atoms with Crippen molar-refractivity contribution in [3.8, 4) is 0 Å². The molecule has 1 heterocycles. The maximum absolute atomic E-state index is 14.4. The Hall–Kier alpha value is -1.89. The largest absolute Gasteiger partial charge is 0.424 e. The molecule has 0 bridgehead atoms. The number of amides is 1. The van der Waals surface area contributed by atoms with Gasteiger partial charge in [0.1, 0.15) is 10.8 Å². The molecule has 0 aliphatic carbocycles. The quantitative estimate of drug-likeness (QED) is 0.816. The first kappa shape index (κ1) is 15.0. The minimum absolute atomic E-state index is 0.176. The molecule has 1 aliphatic heterocycles. The molecule has 1 amide bonds. The number of rotatable bonds is 2. The molecule has 0 spiro atoms. The lowest BCUT2D eigenvalue weighted by atomic mass is 9.94. The molecule has 1 atom stereocenters. The highest BCUT2D eigenvalue weighted by Gasteiger charge is 2.47. The predicted molar refractivity (Wildman–Crippen MR) is 76.4 cm³/mol. The van der Waals surface area contributed by atoms with Crippen molar-refractivity contribution < 1.29 is 18.3 Å². The van der Waals surface area contributed by atoms with Gasteiger partial charge < -0.3 is 4.74 Å². The Morgan fingerprint density at radius 2 is 1.77 bits per heavy atom. The summed E-state index contributed by atoms with van der Waals surface area (Å²) >= 11 is 11.7. The van der Waals surface area contributed by atoms with Gasteiger partial charge in [0, 0.05) is 10.6 Å². The van der Waals surface area contributed by atoms with Crippen LogP contribution in [0, 0.1) is 11.6 Å². The monoisotopic (exact) mass is 344 g/mol. The number of halogens is 4. The number of carbonyl (C=O) groups excluding carboxylic acids is 1. The second kappa shape index (κ2) is 5.39.